The molecule has 2 heteroatoms. The lowest BCUT2D eigenvalue weighted by Gasteiger charge is -2.36. The van der Waals surface area contributed by atoms with E-state index < -0.39 is 0 Å². The normalized spacial score (nSPS) is 21.1. The number of terminal acetylenes is 1. The first-order valence-corrected chi connectivity index (χ1v) is 7.74. The van der Waals surface area contributed by atoms with Crippen LogP contribution < -0.4 is 0 Å². The highest BCUT2D eigenvalue weighted by molar-refractivity contribution is 14.0. The second-order valence-electron chi connectivity index (χ2n) is 5.78. The zero-order valence-corrected chi connectivity index (χ0v) is 17.1. The van der Waals surface area contributed by atoms with Gasteiger partial charge >= 0.3 is 0 Å². The lowest BCUT2D eigenvalue weighted by Crippen LogP contribution is -2.33. The molecule has 1 N–H and O–H groups in total. The van der Waals surface area contributed by atoms with Crippen LogP contribution in [0.25, 0.3) is 0 Å². The van der Waals surface area contributed by atoms with Crippen molar-refractivity contribution >= 4 is 24.0 Å². The molecule has 1 aliphatic carbocycles. The summed E-state index contributed by atoms with van der Waals surface area (Å²) in [5.41, 5.74) is 2.93. The van der Waals surface area contributed by atoms with Crippen molar-refractivity contribution in [3.05, 3.63) is 23.3 Å². The third kappa shape index (κ3) is 11.0. The SMILES string of the molecule is C#C.CC.CC(C)=CCC[C@@H](O)C1(C)CC=C(C)CC1.I. The maximum absolute atomic E-state index is 10.3. The third-order valence-corrected chi connectivity index (χ3v) is 3.80. The van der Waals surface area contributed by atoms with Crippen molar-refractivity contribution < 1.29 is 5.11 Å². The first-order valence-electron chi connectivity index (χ1n) is 7.74. The molecule has 0 aromatic heterocycles. The van der Waals surface area contributed by atoms with Gasteiger partial charge in [-0.1, -0.05) is 44.1 Å². The van der Waals surface area contributed by atoms with E-state index in [-0.39, 0.29) is 35.5 Å². The zero-order chi connectivity index (χ0) is 16.2. The van der Waals surface area contributed by atoms with E-state index in [0.29, 0.717) is 0 Å². The van der Waals surface area contributed by atoms with Crippen LogP contribution in [0.4, 0.5) is 0 Å². The van der Waals surface area contributed by atoms with Gasteiger partial charge in [-0.15, -0.1) is 36.8 Å². The Morgan fingerprint density at radius 3 is 2.29 bits per heavy atom. The average Bonchev–Trinajstić information content (AvgIpc) is 2.46. The predicted octanol–water partition coefficient (Wildman–Crippen LogP) is 6.12. The molecule has 1 unspecified atom stereocenters. The van der Waals surface area contributed by atoms with Crippen LogP contribution in [0.2, 0.25) is 0 Å². The fourth-order valence-corrected chi connectivity index (χ4v) is 2.28. The highest BCUT2D eigenvalue weighted by Crippen LogP contribution is 2.39. The number of rotatable bonds is 4. The topological polar surface area (TPSA) is 20.2 Å². The van der Waals surface area contributed by atoms with Crippen LogP contribution in [0, 0.1) is 18.3 Å². The van der Waals surface area contributed by atoms with E-state index in [2.05, 4.69) is 52.7 Å². The Balaban J connectivity index is -0.000000595. The smallest absolute Gasteiger partial charge is 0.0599 e. The predicted molar refractivity (Wildman–Crippen MR) is 107 cm³/mol. The summed E-state index contributed by atoms with van der Waals surface area (Å²) < 4.78 is 0. The molecule has 21 heavy (non-hydrogen) atoms. The lowest BCUT2D eigenvalue weighted by atomic mass is 9.71. The highest BCUT2D eigenvalue weighted by atomic mass is 127. The maximum atomic E-state index is 10.3. The number of aliphatic hydroxyl groups excluding tert-OH is 1. The number of allylic oxidation sites excluding steroid dienone is 4. The van der Waals surface area contributed by atoms with E-state index in [1.165, 1.54) is 11.1 Å². The molecule has 0 fully saturated rings. The van der Waals surface area contributed by atoms with Crippen LogP contribution >= 0.6 is 24.0 Å². The summed E-state index contributed by atoms with van der Waals surface area (Å²) in [6, 6.07) is 0. The van der Waals surface area contributed by atoms with Gasteiger partial charge in [0, 0.05) is 0 Å². The van der Waals surface area contributed by atoms with Gasteiger partial charge in [0.15, 0.2) is 0 Å². The standard InChI is InChI=1S/C15H26O.C2H6.C2H2.HI/c1-12(2)6-5-7-14(16)15(4)10-8-13(3)9-11-15;2*1-2;/h6,8,14,16H,5,7,9-11H2,1-4H3;1-2H3;1-2H;1H/t14-,15?;;;/m1.../s1. The summed E-state index contributed by atoms with van der Waals surface area (Å²) in [4.78, 5) is 0. The summed E-state index contributed by atoms with van der Waals surface area (Å²) >= 11 is 0. The van der Waals surface area contributed by atoms with Crippen molar-refractivity contribution in [1.29, 1.82) is 0 Å². The minimum atomic E-state index is -0.160. The van der Waals surface area contributed by atoms with Gasteiger partial charge in [-0.2, -0.15) is 0 Å². The number of halogens is 1. The summed E-state index contributed by atoms with van der Waals surface area (Å²) in [6.45, 7) is 12.6. The van der Waals surface area contributed by atoms with Crippen LogP contribution in [-0.2, 0) is 0 Å². The van der Waals surface area contributed by atoms with Gasteiger partial charge in [0.2, 0.25) is 0 Å². The Kier molecular flexibility index (Phi) is 17.9. The molecule has 0 saturated carbocycles. The minimum Gasteiger partial charge on any atom is -0.393 e. The van der Waals surface area contributed by atoms with Crippen molar-refractivity contribution in [3.8, 4) is 12.8 Å². The van der Waals surface area contributed by atoms with Crippen LogP contribution in [-0.4, -0.2) is 11.2 Å². The van der Waals surface area contributed by atoms with E-state index >= 15 is 0 Å². The summed E-state index contributed by atoms with van der Waals surface area (Å²) in [5, 5.41) is 10.3. The van der Waals surface area contributed by atoms with Gasteiger partial charge in [-0.25, -0.2) is 0 Å². The Hall–Kier alpha value is -0.270. The molecule has 0 bridgehead atoms. The van der Waals surface area contributed by atoms with E-state index in [0.717, 1.165) is 32.1 Å². The second-order valence-corrected chi connectivity index (χ2v) is 5.78. The summed E-state index contributed by atoms with van der Waals surface area (Å²) in [6.07, 6.45) is 17.6. The Labute approximate surface area is 150 Å². The van der Waals surface area contributed by atoms with Gasteiger partial charge in [0.05, 0.1) is 6.10 Å². The molecule has 0 aromatic carbocycles. The van der Waals surface area contributed by atoms with Crippen molar-refractivity contribution in [3.63, 3.8) is 0 Å². The second kappa shape index (κ2) is 14.7. The molecule has 0 aromatic rings. The van der Waals surface area contributed by atoms with Crippen LogP contribution in [0.15, 0.2) is 23.3 Å². The molecule has 0 heterocycles. The molecular formula is C19H35IO. The van der Waals surface area contributed by atoms with Gasteiger partial charge < -0.3 is 5.11 Å². The van der Waals surface area contributed by atoms with Crippen LogP contribution in [0.3, 0.4) is 0 Å². The Morgan fingerprint density at radius 1 is 1.38 bits per heavy atom. The molecule has 0 saturated heterocycles. The molecule has 0 radical (unpaired) electrons. The minimum absolute atomic E-state index is 0. The molecule has 124 valence electrons. The largest absolute Gasteiger partial charge is 0.393 e. The average molecular weight is 406 g/mol. The van der Waals surface area contributed by atoms with Gasteiger partial charge in [-0.3, -0.25) is 0 Å². The number of aliphatic hydroxyl groups is 1. The molecule has 0 amide bonds. The van der Waals surface area contributed by atoms with Crippen LogP contribution in [0.1, 0.15) is 73.6 Å². The number of hydrogen-bond acceptors (Lipinski definition) is 1. The summed E-state index contributed by atoms with van der Waals surface area (Å²) in [5.74, 6) is 0. The molecular weight excluding hydrogens is 371 g/mol. The fourth-order valence-electron chi connectivity index (χ4n) is 2.28. The molecule has 2 atom stereocenters. The molecule has 1 nitrogen and oxygen atoms in total. The van der Waals surface area contributed by atoms with Crippen molar-refractivity contribution in [2.75, 3.05) is 0 Å². The van der Waals surface area contributed by atoms with Crippen molar-refractivity contribution in [1.82, 2.24) is 0 Å². The van der Waals surface area contributed by atoms with Crippen molar-refractivity contribution in [2.45, 2.75) is 79.8 Å². The van der Waals surface area contributed by atoms with Crippen LogP contribution in [0.5, 0.6) is 0 Å². The van der Waals surface area contributed by atoms with Gasteiger partial charge in [0.1, 0.15) is 0 Å². The molecule has 0 spiro atoms. The van der Waals surface area contributed by atoms with Gasteiger partial charge in [-0.05, 0) is 58.3 Å². The Morgan fingerprint density at radius 2 is 1.90 bits per heavy atom. The van der Waals surface area contributed by atoms with E-state index in [1.54, 1.807) is 0 Å². The first kappa shape index (κ1) is 25.7. The molecule has 1 aliphatic rings. The monoisotopic (exact) mass is 406 g/mol. The first-order chi connectivity index (χ1) is 9.44. The molecule has 0 aliphatic heterocycles. The van der Waals surface area contributed by atoms with E-state index in [4.69, 9.17) is 0 Å². The maximum Gasteiger partial charge on any atom is 0.0599 e. The zero-order valence-electron chi connectivity index (χ0n) is 14.8. The fraction of sp³-hybridized carbons (Fsp3) is 0.684. The third-order valence-electron chi connectivity index (χ3n) is 3.80. The highest BCUT2D eigenvalue weighted by Gasteiger charge is 2.33. The molecule has 1 rings (SSSR count). The Bertz CT molecular complexity index is 324. The lowest BCUT2D eigenvalue weighted by molar-refractivity contribution is 0.0238. The number of hydrogen-bond donors (Lipinski definition) is 1. The van der Waals surface area contributed by atoms with Gasteiger partial charge in [0.25, 0.3) is 0 Å². The van der Waals surface area contributed by atoms with E-state index in [9.17, 15) is 5.11 Å². The summed E-state index contributed by atoms with van der Waals surface area (Å²) in [7, 11) is 0. The van der Waals surface area contributed by atoms with E-state index in [1.807, 2.05) is 13.8 Å². The quantitative estimate of drug-likeness (QED) is 0.339. The van der Waals surface area contributed by atoms with Crippen molar-refractivity contribution in [2.24, 2.45) is 5.41 Å².